The van der Waals surface area contributed by atoms with Gasteiger partial charge in [-0.15, -0.1) is 0 Å². The molecule has 1 aliphatic carbocycles. The predicted octanol–water partition coefficient (Wildman–Crippen LogP) is 5.98. The Morgan fingerprint density at radius 3 is 2.34 bits per heavy atom. The highest BCUT2D eigenvalue weighted by Gasteiger charge is 2.30. The molecule has 0 atom stereocenters. The normalized spacial score (nSPS) is 17.6. The van der Waals surface area contributed by atoms with Crippen LogP contribution in [-0.2, 0) is 0 Å². The molecule has 2 aliphatic rings. The summed E-state index contributed by atoms with van der Waals surface area (Å²) in [5, 5.41) is 2.98. The molecule has 1 aliphatic heterocycles. The van der Waals surface area contributed by atoms with Crippen LogP contribution in [0.15, 0.2) is 47.4 Å². The molecule has 7 heteroatoms. The molecular formula is C25H31N3O2S2. The van der Waals surface area contributed by atoms with Crippen LogP contribution in [0.2, 0.25) is 0 Å². The standard InChI is InChI=1S/C25H31N3O2S2/c1-27(31-2)24-11-6-18(17-29)16-23(24)25(30)26-21-7-9-22(10-8-21)32-28-14-12-20(13-15-28)19-4-3-5-19/h6-11,16-17,19-20H,3-5,12-15H2,1-2H3,(H,26,30). The molecule has 2 aromatic carbocycles. The Balaban J connectivity index is 1.35. The van der Waals surface area contributed by atoms with E-state index >= 15 is 0 Å². The lowest BCUT2D eigenvalue weighted by Gasteiger charge is -2.39. The highest BCUT2D eigenvalue weighted by Crippen LogP contribution is 2.40. The van der Waals surface area contributed by atoms with E-state index in [9.17, 15) is 9.59 Å². The molecular weight excluding hydrogens is 438 g/mol. The quantitative estimate of drug-likeness (QED) is 0.379. The predicted molar refractivity (Wildman–Crippen MR) is 136 cm³/mol. The number of carbonyl (C=O) groups is 2. The zero-order valence-corrected chi connectivity index (χ0v) is 20.4. The first-order valence-corrected chi connectivity index (χ1v) is 13.2. The molecule has 0 bridgehead atoms. The average molecular weight is 470 g/mol. The summed E-state index contributed by atoms with van der Waals surface area (Å²) in [4.78, 5) is 25.4. The molecule has 32 heavy (non-hydrogen) atoms. The minimum atomic E-state index is -0.219. The first-order chi connectivity index (χ1) is 15.6. The summed E-state index contributed by atoms with van der Waals surface area (Å²) >= 11 is 3.33. The van der Waals surface area contributed by atoms with Gasteiger partial charge in [0.2, 0.25) is 0 Å². The summed E-state index contributed by atoms with van der Waals surface area (Å²) in [5.41, 5.74) is 2.50. The van der Waals surface area contributed by atoms with Crippen molar-refractivity contribution in [3.8, 4) is 0 Å². The number of hydrogen-bond acceptors (Lipinski definition) is 6. The summed E-state index contributed by atoms with van der Waals surface area (Å²) in [6, 6.07) is 13.2. The second-order valence-corrected chi connectivity index (χ2v) is 10.7. The molecule has 1 N–H and O–H groups in total. The zero-order valence-electron chi connectivity index (χ0n) is 18.8. The summed E-state index contributed by atoms with van der Waals surface area (Å²) in [5.74, 6) is 1.71. The van der Waals surface area contributed by atoms with Crippen LogP contribution in [0.3, 0.4) is 0 Å². The zero-order chi connectivity index (χ0) is 22.5. The molecule has 0 unspecified atom stereocenters. The number of hydrogen-bond donors (Lipinski definition) is 1. The number of carbonyl (C=O) groups excluding carboxylic acids is 2. The van der Waals surface area contributed by atoms with Crippen molar-refractivity contribution in [1.29, 1.82) is 0 Å². The summed E-state index contributed by atoms with van der Waals surface area (Å²) in [6.45, 7) is 2.31. The van der Waals surface area contributed by atoms with Gasteiger partial charge in [0, 0.05) is 42.5 Å². The van der Waals surface area contributed by atoms with E-state index in [1.165, 1.54) is 48.9 Å². The second kappa shape index (κ2) is 10.8. The molecule has 2 fully saturated rings. The third kappa shape index (κ3) is 5.50. The van der Waals surface area contributed by atoms with Crippen LogP contribution in [0.5, 0.6) is 0 Å². The lowest BCUT2D eigenvalue weighted by atomic mass is 9.72. The molecule has 0 radical (unpaired) electrons. The Kier molecular flexibility index (Phi) is 7.81. The fraction of sp³-hybridized carbons (Fsp3) is 0.440. The van der Waals surface area contributed by atoms with Gasteiger partial charge in [0.05, 0.1) is 11.3 Å². The molecule has 0 aromatic heterocycles. The summed E-state index contributed by atoms with van der Waals surface area (Å²) in [6.07, 6.45) is 9.67. The molecule has 1 heterocycles. The lowest BCUT2D eigenvalue weighted by Crippen LogP contribution is -2.34. The van der Waals surface area contributed by atoms with Crippen molar-refractivity contribution < 1.29 is 9.59 Å². The van der Waals surface area contributed by atoms with Crippen LogP contribution < -0.4 is 9.62 Å². The van der Waals surface area contributed by atoms with Crippen LogP contribution in [0.4, 0.5) is 11.4 Å². The fourth-order valence-electron chi connectivity index (χ4n) is 4.48. The number of amides is 1. The number of rotatable bonds is 8. The van der Waals surface area contributed by atoms with Crippen molar-refractivity contribution in [3.63, 3.8) is 0 Å². The van der Waals surface area contributed by atoms with E-state index in [0.717, 1.165) is 42.6 Å². The molecule has 170 valence electrons. The van der Waals surface area contributed by atoms with Gasteiger partial charge in [-0.05, 0) is 79.1 Å². The minimum absolute atomic E-state index is 0.219. The van der Waals surface area contributed by atoms with Gasteiger partial charge in [-0.25, -0.2) is 4.31 Å². The van der Waals surface area contributed by atoms with Crippen LogP contribution in [0, 0.1) is 11.8 Å². The van der Waals surface area contributed by atoms with Gasteiger partial charge >= 0.3 is 0 Å². The number of anilines is 2. The Morgan fingerprint density at radius 2 is 1.75 bits per heavy atom. The maximum Gasteiger partial charge on any atom is 0.257 e. The molecule has 1 saturated carbocycles. The highest BCUT2D eigenvalue weighted by atomic mass is 32.2. The van der Waals surface area contributed by atoms with Crippen molar-refractivity contribution in [2.45, 2.75) is 37.0 Å². The van der Waals surface area contributed by atoms with E-state index in [1.807, 2.05) is 47.8 Å². The van der Waals surface area contributed by atoms with Gasteiger partial charge in [0.1, 0.15) is 6.29 Å². The topological polar surface area (TPSA) is 52.7 Å². The minimum Gasteiger partial charge on any atom is -0.322 e. The van der Waals surface area contributed by atoms with Gasteiger partial charge in [-0.2, -0.15) is 0 Å². The Hall–Kier alpha value is -1.96. The van der Waals surface area contributed by atoms with E-state index in [2.05, 4.69) is 21.8 Å². The number of benzene rings is 2. The van der Waals surface area contributed by atoms with Gasteiger partial charge in [0.15, 0.2) is 0 Å². The van der Waals surface area contributed by atoms with E-state index in [4.69, 9.17) is 0 Å². The third-order valence-electron chi connectivity index (χ3n) is 6.68. The Labute approximate surface area is 199 Å². The van der Waals surface area contributed by atoms with E-state index in [0.29, 0.717) is 11.1 Å². The number of aldehydes is 1. The SMILES string of the molecule is CSN(C)c1ccc(C=O)cc1C(=O)Nc1ccc(SN2CCC(C3CCC3)CC2)cc1. The first kappa shape index (κ1) is 23.2. The van der Waals surface area contributed by atoms with Gasteiger partial charge in [-0.1, -0.05) is 31.2 Å². The first-order valence-electron chi connectivity index (χ1n) is 11.3. The van der Waals surface area contributed by atoms with Crippen molar-refractivity contribution in [2.24, 2.45) is 11.8 Å². The monoisotopic (exact) mass is 469 g/mol. The van der Waals surface area contributed by atoms with E-state index in [1.54, 1.807) is 12.1 Å². The lowest BCUT2D eigenvalue weighted by molar-refractivity contribution is 0.102. The molecule has 0 spiro atoms. The Bertz CT molecular complexity index is 939. The van der Waals surface area contributed by atoms with Crippen LogP contribution in [-0.4, -0.2) is 42.9 Å². The largest absolute Gasteiger partial charge is 0.322 e. The van der Waals surface area contributed by atoms with Gasteiger partial charge in [-0.3, -0.25) is 9.59 Å². The molecule has 4 rings (SSSR count). The molecule has 1 saturated heterocycles. The van der Waals surface area contributed by atoms with Crippen molar-refractivity contribution >= 4 is 47.5 Å². The molecule has 1 amide bonds. The summed E-state index contributed by atoms with van der Waals surface area (Å²) < 4.78 is 4.38. The van der Waals surface area contributed by atoms with Crippen molar-refractivity contribution in [1.82, 2.24) is 4.31 Å². The maximum atomic E-state index is 13.0. The average Bonchev–Trinajstić information content (AvgIpc) is 2.79. The number of piperidine rings is 1. The van der Waals surface area contributed by atoms with E-state index < -0.39 is 0 Å². The van der Waals surface area contributed by atoms with Crippen LogP contribution in [0.25, 0.3) is 0 Å². The number of nitrogens with one attached hydrogen (secondary N) is 1. The van der Waals surface area contributed by atoms with E-state index in [-0.39, 0.29) is 5.91 Å². The molecule has 5 nitrogen and oxygen atoms in total. The third-order valence-corrected chi connectivity index (χ3v) is 8.53. The fourth-order valence-corrected chi connectivity index (χ4v) is 5.78. The van der Waals surface area contributed by atoms with Crippen LogP contribution in [0.1, 0.15) is 52.8 Å². The Morgan fingerprint density at radius 1 is 1.06 bits per heavy atom. The van der Waals surface area contributed by atoms with Crippen molar-refractivity contribution in [3.05, 3.63) is 53.6 Å². The number of nitrogens with zero attached hydrogens (tertiary/aromatic N) is 2. The van der Waals surface area contributed by atoms with Gasteiger partial charge < -0.3 is 9.62 Å². The second-order valence-electron chi connectivity index (χ2n) is 8.60. The highest BCUT2D eigenvalue weighted by molar-refractivity contribution is 7.99. The summed E-state index contributed by atoms with van der Waals surface area (Å²) in [7, 11) is 1.90. The maximum absolute atomic E-state index is 13.0. The smallest absolute Gasteiger partial charge is 0.257 e. The van der Waals surface area contributed by atoms with Crippen LogP contribution >= 0.6 is 23.9 Å². The molecule has 2 aromatic rings. The van der Waals surface area contributed by atoms with Gasteiger partial charge in [0.25, 0.3) is 5.91 Å². The van der Waals surface area contributed by atoms with Crippen molar-refractivity contribution in [2.75, 3.05) is 36.0 Å².